The van der Waals surface area contributed by atoms with Gasteiger partial charge in [0.2, 0.25) is 0 Å². The van der Waals surface area contributed by atoms with E-state index in [1.54, 1.807) is 13.2 Å². The van der Waals surface area contributed by atoms with Crippen molar-refractivity contribution in [3.63, 3.8) is 0 Å². The van der Waals surface area contributed by atoms with Gasteiger partial charge in [-0.1, -0.05) is 11.6 Å². The molecule has 0 spiro atoms. The van der Waals surface area contributed by atoms with Gasteiger partial charge in [-0.15, -0.1) is 0 Å². The lowest BCUT2D eigenvalue weighted by molar-refractivity contribution is 0.0955. The minimum absolute atomic E-state index is 0.145. The lowest BCUT2D eigenvalue weighted by Gasteiger charge is -2.26. The Bertz CT molecular complexity index is 649. The number of carbonyl (C=O) groups excluding carboxylic acids is 1. The maximum absolute atomic E-state index is 11.8. The molecule has 0 aliphatic carbocycles. The minimum atomic E-state index is -0.145. The molecule has 112 valence electrons. The quantitative estimate of drug-likeness (QED) is 0.870. The Balaban J connectivity index is 1.66. The molecule has 1 amide bonds. The zero-order valence-electron chi connectivity index (χ0n) is 11.8. The van der Waals surface area contributed by atoms with Crippen LogP contribution < -0.4 is 5.32 Å². The summed E-state index contributed by atoms with van der Waals surface area (Å²) in [6.07, 6.45) is 4.32. The van der Waals surface area contributed by atoms with Crippen molar-refractivity contribution in [2.24, 2.45) is 0 Å². The largest absolute Gasteiger partial charge is 0.354 e. The number of aromatic amines is 1. The van der Waals surface area contributed by atoms with Crippen LogP contribution in [0.4, 0.5) is 0 Å². The Labute approximate surface area is 127 Å². The van der Waals surface area contributed by atoms with Crippen LogP contribution in [0.15, 0.2) is 12.4 Å². The Morgan fingerprint density at radius 3 is 3.10 bits per heavy atom. The average Bonchev–Trinajstić information content (AvgIpc) is 3.10. The van der Waals surface area contributed by atoms with Crippen LogP contribution in [0, 0.1) is 0 Å². The molecule has 2 N–H and O–H groups in total. The molecule has 0 atom stereocenters. The molecule has 0 fully saturated rings. The van der Waals surface area contributed by atoms with Crippen LogP contribution >= 0.6 is 11.6 Å². The molecule has 2 aromatic heterocycles. The van der Waals surface area contributed by atoms with E-state index < -0.39 is 0 Å². The molecule has 3 heterocycles. The molecular formula is C13H17ClN6O. The maximum Gasteiger partial charge on any atom is 0.271 e. The van der Waals surface area contributed by atoms with Crippen molar-refractivity contribution in [3.8, 4) is 0 Å². The first kappa shape index (κ1) is 14.1. The lowest BCUT2D eigenvalue weighted by atomic mass is 10.1. The fourth-order valence-corrected chi connectivity index (χ4v) is 2.71. The second kappa shape index (κ2) is 5.87. The van der Waals surface area contributed by atoms with E-state index >= 15 is 0 Å². The molecule has 0 unspecified atom stereocenters. The summed E-state index contributed by atoms with van der Waals surface area (Å²) in [5.41, 5.74) is 2.56. The molecule has 1 aliphatic heterocycles. The summed E-state index contributed by atoms with van der Waals surface area (Å²) in [4.78, 5) is 14.1. The van der Waals surface area contributed by atoms with Gasteiger partial charge in [0.15, 0.2) is 5.69 Å². The highest BCUT2D eigenvalue weighted by Crippen LogP contribution is 2.20. The van der Waals surface area contributed by atoms with E-state index in [-0.39, 0.29) is 5.91 Å². The van der Waals surface area contributed by atoms with Gasteiger partial charge in [-0.25, -0.2) is 0 Å². The number of rotatable bonds is 4. The topological polar surface area (TPSA) is 78.8 Å². The van der Waals surface area contributed by atoms with Gasteiger partial charge in [0.25, 0.3) is 5.91 Å². The summed E-state index contributed by atoms with van der Waals surface area (Å²) in [5.74, 6) is -0.145. The standard InChI is InChI=1S/C13H17ClN6O/c1-15-13(21)12-10-8-19(3-2-11(10)17-18-12)4-5-20-7-9(14)6-16-20/h6-7H,2-5,8H2,1H3,(H,15,21)(H,17,18). The first-order valence-electron chi connectivity index (χ1n) is 6.86. The number of amides is 1. The molecule has 0 bridgehead atoms. The summed E-state index contributed by atoms with van der Waals surface area (Å²) >= 11 is 5.85. The van der Waals surface area contributed by atoms with Crippen molar-refractivity contribution in [2.75, 3.05) is 20.1 Å². The molecule has 0 aromatic carbocycles. The molecule has 3 rings (SSSR count). The third-order valence-corrected chi connectivity index (χ3v) is 3.90. The monoisotopic (exact) mass is 308 g/mol. The zero-order chi connectivity index (χ0) is 14.8. The van der Waals surface area contributed by atoms with Gasteiger partial charge in [0.1, 0.15) is 0 Å². The summed E-state index contributed by atoms with van der Waals surface area (Å²) in [5, 5.41) is 14.5. The summed E-state index contributed by atoms with van der Waals surface area (Å²) in [7, 11) is 1.62. The van der Waals surface area contributed by atoms with E-state index in [4.69, 9.17) is 11.6 Å². The summed E-state index contributed by atoms with van der Waals surface area (Å²) in [6, 6.07) is 0. The van der Waals surface area contributed by atoms with E-state index in [9.17, 15) is 4.79 Å². The summed E-state index contributed by atoms with van der Waals surface area (Å²) < 4.78 is 1.83. The predicted octanol–water partition coefficient (Wildman–Crippen LogP) is 0.677. The zero-order valence-corrected chi connectivity index (χ0v) is 12.5. The molecule has 0 saturated heterocycles. The highest BCUT2D eigenvalue weighted by molar-refractivity contribution is 6.30. The lowest BCUT2D eigenvalue weighted by Crippen LogP contribution is -2.34. The van der Waals surface area contributed by atoms with Crippen molar-refractivity contribution >= 4 is 17.5 Å². The van der Waals surface area contributed by atoms with E-state index in [1.165, 1.54) is 0 Å². The third kappa shape index (κ3) is 2.93. The number of aromatic nitrogens is 4. The fourth-order valence-electron chi connectivity index (χ4n) is 2.55. The van der Waals surface area contributed by atoms with Crippen molar-refractivity contribution in [1.29, 1.82) is 0 Å². The van der Waals surface area contributed by atoms with Gasteiger partial charge in [-0.3, -0.25) is 19.5 Å². The van der Waals surface area contributed by atoms with Crippen LogP contribution in [0.2, 0.25) is 5.02 Å². The Kier molecular flexibility index (Phi) is 3.94. The van der Waals surface area contributed by atoms with E-state index in [1.807, 2.05) is 10.9 Å². The highest BCUT2D eigenvalue weighted by atomic mass is 35.5. The molecule has 7 nitrogen and oxygen atoms in total. The first-order chi connectivity index (χ1) is 10.2. The smallest absolute Gasteiger partial charge is 0.271 e. The van der Waals surface area contributed by atoms with Crippen molar-refractivity contribution in [1.82, 2.24) is 30.2 Å². The second-order valence-corrected chi connectivity index (χ2v) is 5.49. The molecule has 1 aliphatic rings. The number of fused-ring (bicyclic) bond motifs is 1. The van der Waals surface area contributed by atoms with Crippen LogP contribution in [-0.4, -0.2) is 50.9 Å². The SMILES string of the molecule is CNC(=O)c1n[nH]c2c1CN(CCn1cc(Cl)cn1)CC2. The van der Waals surface area contributed by atoms with Crippen molar-refractivity contribution in [3.05, 3.63) is 34.4 Å². The van der Waals surface area contributed by atoms with E-state index in [0.29, 0.717) is 10.7 Å². The van der Waals surface area contributed by atoms with E-state index in [2.05, 4.69) is 25.5 Å². The van der Waals surface area contributed by atoms with Gasteiger partial charge in [0, 0.05) is 50.6 Å². The molecule has 0 saturated carbocycles. The first-order valence-corrected chi connectivity index (χ1v) is 7.23. The Hall–Kier alpha value is -1.86. The van der Waals surface area contributed by atoms with E-state index in [0.717, 1.165) is 43.9 Å². The Morgan fingerprint density at radius 1 is 1.52 bits per heavy atom. The van der Waals surface area contributed by atoms with Crippen LogP contribution in [0.3, 0.4) is 0 Å². The number of H-pyrrole nitrogens is 1. The average molecular weight is 309 g/mol. The minimum Gasteiger partial charge on any atom is -0.354 e. The normalized spacial score (nSPS) is 15.0. The maximum atomic E-state index is 11.8. The molecular weight excluding hydrogens is 292 g/mol. The fraction of sp³-hybridized carbons (Fsp3) is 0.462. The van der Waals surface area contributed by atoms with Crippen LogP contribution in [0.25, 0.3) is 0 Å². The highest BCUT2D eigenvalue weighted by Gasteiger charge is 2.24. The number of hydrogen-bond acceptors (Lipinski definition) is 4. The van der Waals surface area contributed by atoms with Crippen molar-refractivity contribution in [2.45, 2.75) is 19.5 Å². The van der Waals surface area contributed by atoms with Gasteiger partial charge < -0.3 is 5.32 Å². The number of nitrogens with one attached hydrogen (secondary N) is 2. The second-order valence-electron chi connectivity index (χ2n) is 5.06. The summed E-state index contributed by atoms with van der Waals surface area (Å²) in [6.45, 7) is 3.30. The number of halogens is 1. The Morgan fingerprint density at radius 2 is 2.38 bits per heavy atom. The van der Waals surface area contributed by atoms with Crippen LogP contribution in [-0.2, 0) is 19.5 Å². The number of hydrogen-bond donors (Lipinski definition) is 2. The van der Waals surface area contributed by atoms with Crippen LogP contribution in [0.1, 0.15) is 21.7 Å². The molecule has 2 aromatic rings. The number of nitrogens with zero attached hydrogens (tertiary/aromatic N) is 4. The van der Waals surface area contributed by atoms with Gasteiger partial charge in [-0.05, 0) is 0 Å². The van der Waals surface area contributed by atoms with Gasteiger partial charge in [0.05, 0.1) is 17.8 Å². The van der Waals surface area contributed by atoms with Gasteiger partial charge >= 0.3 is 0 Å². The number of carbonyl (C=O) groups is 1. The predicted molar refractivity (Wildman–Crippen MR) is 78.2 cm³/mol. The molecule has 0 radical (unpaired) electrons. The van der Waals surface area contributed by atoms with Crippen molar-refractivity contribution < 1.29 is 4.79 Å². The van der Waals surface area contributed by atoms with Crippen LogP contribution in [0.5, 0.6) is 0 Å². The van der Waals surface area contributed by atoms with Gasteiger partial charge in [-0.2, -0.15) is 10.2 Å². The molecule has 8 heteroatoms. The molecule has 21 heavy (non-hydrogen) atoms. The third-order valence-electron chi connectivity index (χ3n) is 3.70.